The molecule has 0 spiro atoms. The van der Waals surface area contributed by atoms with Gasteiger partial charge < -0.3 is 0 Å². The van der Waals surface area contributed by atoms with Crippen LogP contribution in [0, 0.1) is 10.1 Å². The van der Waals surface area contributed by atoms with Crippen molar-refractivity contribution < 1.29 is 4.92 Å². The Balaban J connectivity index is 3.07. The summed E-state index contributed by atoms with van der Waals surface area (Å²) in [5.41, 5.74) is 8.45. The summed E-state index contributed by atoms with van der Waals surface area (Å²) < 4.78 is 0. The van der Waals surface area contributed by atoms with Crippen molar-refractivity contribution in [2.75, 3.05) is 0 Å². The third kappa shape index (κ3) is 2.35. The predicted molar refractivity (Wildman–Crippen MR) is 51.0 cm³/mol. The van der Waals surface area contributed by atoms with Crippen LogP contribution in [-0.4, -0.2) is 4.92 Å². The van der Waals surface area contributed by atoms with Crippen LogP contribution < -0.4 is 0 Å². The van der Waals surface area contributed by atoms with E-state index in [2.05, 4.69) is 10.0 Å². The van der Waals surface area contributed by atoms with Gasteiger partial charge in [-0.1, -0.05) is 16.7 Å². The molecule has 0 saturated carbocycles. The lowest BCUT2D eigenvalue weighted by Crippen LogP contribution is -1.90. The lowest BCUT2D eigenvalue weighted by molar-refractivity contribution is -0.384. The minimum Gasteiger partial charge on any atom is -0.258 e. The molecule has 6 nitrogen and oxygen atoms in total. The number of hydrogen-bond acceptors (Lipinski definition) is 3. The van der Waals surface area contributed by atoms with Crippen LogP contribution in [0.5, 0.6) is 0 Å². The van der Waals surface area contributed by atoms with E-state index in [1.165, 1.54) is 18.2 Å². The number of benzene rings is 1. The van der Waals surface area contributed by atoms with Gasteiger partial charge in [0.25, 0.3) is 5.69 Å². The highest BCUT2D eigenvalue weighted by Crippen LogP contribution is 2.22. The van der Waals surface area contributed by atoms with Crippen molar-refractivity contribution >= 4 is 17.3 Å². The normalized spacial score (nSPS) is 9.21. The second-order valence-corrected chi connectivity index (χ2v) is 2.83. The van der Waals surface area contributed by atoms with Crippen LogP contribution in [0.15, 0.2) is 23.3 Å². The Morgan fingerprint density at radius 1 is 1.64 bits per heavy atom. The highest BCUT2D eigenvalue weighted by atomic mass is 35.5. The minimum absolute atomic E-state index is 0.0109. The van der Waals surface area contributed by atoms with Crippen molar-refractivity contribution in [3.8, 4) is 0 Å². The first-order valence-electron chi connectivity index (χ1n) is 3.59. The molecule has 1 aromatic rings. The Morgan fingerprint density at radius 2 is 2.36 bits per heavy atom. The lowest BCUT2D eigenvalue weighted by atomic mass is 10.2. The summed E-state index contributed by atoms with van der Waals surface area (Å²) in [7, 11) is 0. The van der Waals surface area contributed by atoms with Crippen molar-refractivity contribution in [2.24, 2.45) is 5.11 Å². The number of non-ortho nitro benzene ring substituents is 1. The molecule has 7 heteroatoms. The van der Waals surface area contributed by atoms with Gasteiger partial charge in [-0.25, -0.2) is 0 Å². The summed E-state index contributed by atoms with van der Waals surface area (Å²) in [4.78, 5) is 12.4. The third-order valence-corrected chi connectivity index (χ3v) is 1.91. The number of rotatable bonds is 3. The van der Waals surface area contributed by atoms with Gasteiger partial charge in [-0.3, -0.25) is 10.1 Å². The van der Waals surface area contributed by atoms with Gasteiger partial charge in [-0.15, -0.1) is 0 Å². The molecular weight excluding hydrogens is 208 g/mol. The smallest absolute Gasteiger partial charge is 0.258 e. The third-order valence-electron chi connectivity index (χ3n) is 1.54. The molecule has 0 aliphatic carbocycles. The van der Waals surface area contributed by atoms with Gasteiger partial charge in [0.15, 0.2) is 0 Å². The van der Waals surface area contributed by atoms with Gasteiger partial charge in [0.05, 0.1) is 11.5 Å². The zero-order valence-electron chi connectivity index (χ0n) is 6.92. The van der Waals surface area contributed by atoms with Gasteiger partial charge in [0, 0.05) is 22.1 Å². The van der Waals surface area contributed by atoms with Crippen LogP contribution in [0.2, 0.25) is 5.02 Å². The zero-order valence-corrected chi connectivity index (χ0v) is 7.68. The van der Waals surface area contributed by atoms with Crippen LogP contribution in [0.4, 0.5) is 5.69 Å². The summed E-state index contributed by atoms with van der Waals surface area (Å²) in [6.07, 6.45) is 0. The van der Waals surface area contributed by atoms with Gasteiger partial charge in [0.1, 0.15) is 0 Å². The molecule has 0 atom stereocenters. The van der Waals surface area contributed by atoms with Gasteiger partial charge in [-0.05, 0) is 17.2 Å². The second-order valence-electron chi connectivity index (χ2n) is 2.42. The highest BCUT2D eigenvalue weighted by molar-refractivity contribution is 6.31. The second kappa shape index (κ2) is 4.45. The summed E-state index contributed by atoms with van der Waals surface area (Å²) >= 11 is 5.73. The van der Waals surface area contributed by atoms with E-state index in [4.69, 9.17) is 17.1 Å². The minimum atomic E-state index is -0.532. The van der Waals surface area contributed by atoms with Crippen LogP contribution in [0.25, 0.3) is 10.4 Å². The molecule has 0 saturated heterocycles. The largest absolute Gasteiger partial charge is 0.269 e. The van der Waals surface area contributed by atoms with E-state index in [0.717, 1.165) is 0 Å². The van der Waals surface area contributed by atoms with E-state index in [1.54, 1.807) is 0 Å². The molecule has 1 aromatic carbocycles. The molecule has 0 heterocycles. The molecule has 0 amide bonds. The molecule has 0 unspecified atom stereocenters. The highest BCUT2D eigenvalue weighted by Gasteiger charge is 2.08. The van der Waals surface area contributed by atoms with Gasteiger partial charge >= 0.3 is 0 Å². The van der Waals surface area contributed by atoms with Crippen LogP contribution in [0.1, 0.15) is 5.56 Å². The maximum absolute atomic E-state index is 10.4. The number of hydrogen-bond donors (Lipinski definition) is 0. The number of nitro groups is 1. The molecular formula is C7H5ClN4O2. The zero-order chi connectivity index (χ0) is 10.6. The van der Waals surface area contributed by atoms with Crippen molar-refractivity contribution in [1.29, 1.82) is 0 Å². The van der Waals surface area contributed by atoms with Crippen LogP contribution >= 0.6 is 11.6 Å². The van der Waals surface area contributed by atoms with Gasteiger partial charge in [0.2, 0.25) is 0 Å². The standard InChI is InChI=1S/C7H5ClN4O2/c8-7-2-1-6(12(13)14)3-5(7)4-10-11-9/h1-3H,4H2. The number of nitro benzene ring substituents is 1. The van der Waals surface area contributed by atoms with E-state index in [-0.39, 0.29) is 12.2 Å². The molecule has 0 aromatic heterocycles. The number of azide groups is 1. The average Bonchev–Trinajstić information content (AvgIpc) is 2.16. The van der Waals surface area contributed by atoms with Crippen LogP contribution in [0.3, 0.4) is 0 Å². The van der Waals surface area contributed by atoms with Crippen molar-refractivity contribution in [1.82, 2.24) is 0 Å². The molecule has 1 rings (SSSR count). The molecule has 72 valence electrons. The SMILES string of the molecule is [N-]=[N+]=NCc1cc([N+](=O)[O-])ccc1Cl. The van der Waals surface area contributed by atoms with Crippen molar-refractivity contribution in [3.63, 3.8) is 0 Å². The van der Waals surface area contributed by atoms with Crippen LogP contribution in [-0.2, 0) is 6.54 Å². The van der Waals surface area contributed by atoms with E-state index < -0.39 is 4.92 Å². The fraction of sp³-hybridized carbons (Fsp3) is 0.143. The molecule has 0 fully saturated rings. The number of nitrogens with zero attached hydrogens (tertiary/aromatic N) is 4. The molecule has 0 aliphatic rings. The quantitative estimate of drug-likeness (QED) is 0.253. The maximum atomic E-state index is 10.4. The van der Waals surface area contributed by atoms with E-state index >= 15 is 0 Å². The van der Waals surface area contributed by atoms with E-state index in [0.29, 0.717) is 10.6 Å². The first-order valence-corrected chi connectivity index (χ1v) is 3.96. The molecule has 14 heavy (non-hydrogen) atoms. The van der Waals surface area contributed by atoms with Crippen molar-refractivity contribution in [2.45, 2.75) is 6.54 Å². The van der Waals surface area contributed by atoms with Crippen molar-refractivity contribution in [3.05, 3.63) is 49.3 Å². The topological polar surface area (TPSA) is 91.9 Å². The Labute approximate surface area is 83.9 Å². The molecule has 0 aliphatic heterocycles. The maximum Gasteiger partial charge on any atom is 0.269 e. The average molecular weight is 213 g/mol. The van der Waals surface area contributed by atoms with E-state index in [1.807, 2.05) is 0 Å². The molecule has 0 radical (unpaired) electrons. The first-order chi connectivity index (χ1) is 6.65. The summed E-state index contributed by atoms with van der Waals surface area (Å²) in [5.74, 6) is 0. The van der Waals surface area contributed by atoms with E-state index in [9.17, 15) is 10.1 Å². The summed E-state index contributed by atoms with van der Waals surface area (Å²) in [6, 6.07) is 3.99. The Kier molecular flexibility index (Phi) is 3.28. The van der Waals surface area contributed by atoms with Gasteiger partial charge in [-0.2, -0.15) is 0 Å². The fourth-order valence-electron chi connectivity index (χ4n) is 0.904. The molecule has 0 N–H and O–H groups in total. The summed E-state index contributed by atoms with van der Waals surface area (Å²) in [6.45, 7) is 0.0109. The Hall–Kier alpha value is -1.78. The fourth-order valence-corrected chi connectivity index (χ4v) is 1.08. The summed E-state index contributed by atoms with van der Waals surface area (Å²) in [5, 5.41) is 14.0. The Morgan fingerprint density at radius 3 is 2.93 bits per heavy atom. The predicted octanol–water partition coefficient (Wildman–Crippen LogP) is 3.06. The monoisotopic (exact) mass is 212 g/mol. The first kappa shape index (κ1) is 10.3. The number of halogens is 1. The molecule has 0 bridgehead atoms. The Bertz CT molecular complexity index is 414. The lowest BCUT2D eigenvalue weighted by Gasteiger charge is -1.99.